The molecule has 3 N–H and O–H groups in total. The highest BCUT2D eigenvalue weighted by molar-refractivity contribution is 5.92. The molecule has 0 heterocycles. The van der Waals surface area contributed by atoms with Crippen LogP contribution in [0.2, 0.25) is 0 Å². The molecular weight excluding hydrogens is 212 g/mol. The van der Waals surface area contributed by atoms with Crippen molar-refractivity contribution in [1.82, 2.24) is 0 Å². The number of hydrogen-bond acceptors (Lipinski definition) is 4. The SMILES string of the molecule is CCC(N)c1ccc(C(=O)O)c([N+](=O)[O-])c1. The number of carboxylic acid groups (broad SMARTS) is 1. The van der Waals surface area contributed by atoms with Crippen molar-refractivity contribution in [3.05, 3.63) is 39.4 Å². The minimum atomic E-state index is -1.32. The number of nitrogens with two attached hydrogens (primary N) is 1. The van der Waals surface area contributed by atoms with E-state index in [-0.39, 0.29) is 11.6 Å². The first-order valence-electron chi connectivity index (χ1n) is 4.74. The lowest BCUT2D eigenvalue weighted by Gasteiger charge is -2.09. The summed E-state index contributed by atoms with van der Waals surface area (Å²) in [4.78, 5) is 20.7. The van der Waals surface area contributed by atoms with Gasteiger partial charge in [-0.05, 0) is 18.1 Å². The monoisotopic (exact) mass is 224 g/mol. The minimum Gasteiger partial charge on any atom is -0.477 e. The van der Waals surface area contributed by atoms with Gasteiger partial charge in [-0.2, -0.15) is 0 Å². The minimum absolute atomic E-state index is 0.318. The first kappa shape index (κ1) is 12.1. The molecule has 1 aromatic carbocycles. The summed E-state index contributed by atoms with van der Waals surface area (Å²) in [5.74, 6) is -1.32. The molecule has 1 aromatic rings. The van der Waals surface area contributed by atoms with Crippen molar-refractivity contribution < 1.29 is 14.8 Å². The Labute approximate surface area is 91.8 Å². The lowest BCUT2D eigenvalue weighted by atomic mass is 10.0. The van der Waals surface area contributed by atoms with Crippen molar-refractivity contribution in [1.29, 1.82) is 0 Å². The van der Waals surface area contributed by atoms with E-state index in [1.807, 2.05) is 6.92 Å². The second-order valence-corrected chi connectivity index (χ2v) is 3.35. The first-order valence-corrected chi connectivity index (χ1v) is 4.74. The molecule has 0 aliphatic rings. The standard InChI is InChI=1S/C10H12N2O4/c1-2-8(11)6-3-4-7(10(13)14)9(5-6)12(15)16/h3-5,8H,2,11H2,1H3,(H,13,14). The van der Waals surface area contributed by atoms with Crippen LogP contribution in [0.3, 0.4) is 0 Å². The Morgan fingerprint density at radius 3 is 2.69 bits per heavy atom. The molecule has 0 saturated carbocycles. The Kier molecular flexibility index (Phi) is 3.57. The second-order valence-electron chi connectivity index (χ2n) is 3.35. The van der Waals surface area contributed by atoms with Crippen molar-refractivity contribution in [3.8, 4) is 0 Å². The molecule has 0 aliphatic heterocycles. The summed E-state index contributed by atoms with van der Waals surface area (Å²) in [6.45, 7) is 1.85. The van der Waals surface area contributed by atoms with E-state index < -0.39 is 16.6 Å². The third kappa shape index (κ3) is 2.34. The predicted molar refractivity (Wildman–Crippen MR) is 57.3 cm³/mol. The van der Waals surface area contributed by atoms with Crippen LogP contribution in [0.15, 0.2) is 18.2 Å². The number of carbonyl (C=O) groups is 1. The summed E-state index contributed by atoms with van der Waals surface area (Å²) in [5, 5.41) is 19.5. The Bertz CT molecular complexity index is 431. The maximum Gasteiger partial charge on any atom is 0.342 e. The van der Waals surface area contributed by atoms with Gasteiger partial charge in [0.15, 0.2) is 0 Å². The number of carboxylic acids is 1. The van der Waals surface area contributed by atoms with E-state index in [2.05, 4.69) is 0 Å². The van der Waals surface area contributed by atoms with Crippen LogP contribution in [-0.4, -0.2) is 16.0 Å². The van der Waals surface area contributed by atoms with Crippen LogP contribution in [-0.2, 0) is 0 Å². The van der Waals surface area contributed by atoms with Crippen LogP contribution in [0.4, 0.5) is 5.69 Å². The predicted octanol–water partition coefficient (Wildman–Crippen LogP) is 1.70. The van der Waals surface area contributed by atoms with Crippen LogP contribution >= 0.6 is 0 Å². The fourth-order valence-electron chi connectivity index (χ4n) is 1.35. The van der Waals surface area contributed by atoms with Gasteiger partial charge in [-0.1, -0.05) is 13.0 Å². The highest BCUT2D eigenvalue weighted by Crippen LogP contribution is 2.24. The molecular formula is C10H12N2O4. The van der Waals surface area contributed by atoms with Crippen molar-refractivity contribution in [2.45, 2.75) is 19.4 Å². The van der Waals surface area contributed by atoms with Crippen molar-refractivity contribution >= 4 is 11.7 Å². The van der Waals surface area contributed by atoms with Crippen LogP contribution in [0.25, 0.3) is 0 Å². The zero-order valence-corrected chi connectivity index (χ0v) is 8.71. The molecule has 0 amide bonds. The van der Waals surface area contributed by atoms with Crippen molar-refractivity contribution in [3.63, 3.8) is 0 Å². The Balaban J connectivity index is 3.28. The summed E-state index contributed by atoms with van der Waals surface area (Å²) < 4.78 is 0. The van der Waals surface area contributed by atoms with Gasteiger partial charge in [0.1, 0.15) is 5.56 Å². The summed E-state index contributed by atoms with van der Waals surface area (Å²) in [5.41, 5.74) is 5.54. The number of rotatable bonds is 4. The third-order valence-corrected chi connectivity index (χ3v) is 2.32. The second kappa shape index (κ2) is 4.71. The molecule has 86 valence electrons. The fraction of sp³-hybridized carbons (Fsp3) is 0.300. The first-order chi connectivity index (χ1) is 7.47. The van der Waals surface area contributed by atoms with Gasteiger partial charge in [0.05, 0.1) is 4.92 Å². The molecule has 1 unspecified atom stereocenters. The molecule has 6 nitrogen and oxygen atoms in total. The number of aromatic carboxylic acids is 1. The van der Waals surface area contributed by atoms with E-state index in [0.717, 1.165) is 0 Å². The fourth-order valence-corrected chi connectivity index (χ4v) is 1.35. The van der Waals surface area contributed by atoms with Gasteiger partial charge < -0.3 is 10.8 Å². The zero-order chi connectivity index (χ0) is 12.3. The van der Waals surface area contributed by atoms with Gasteiger partial charge >= 0.3 is 5.97 Å². The van der Waals surface area contributed by atoms with E-state index in [9.17, 15) is 14.9 Å². The van der Waals surface area contributed by atoms with Crippen LogP contribution in [0, 0.1) is 10.1 Å². The molecule has 0 saturated heterocycles. The Morgan fingerprint density at radius 1 is 1.62 bits per heavy atom. The third-order valence-electron chi connectivity index (χ3n) is 2.32. The zero-order valence-electron chi connectivity index (χ0n) is 8.71. The largest absolute Gasteiger partial charge is 0.477 e. The molecule has 1 rings (SSSR count). The normalized spacial score (nSPS) is 12.1. The molecule has 6 heteroatoms. The molecule has 0 aliphatic carbocycles. The highest BCUT2D eigenvalue weighted by Gasteiger charge is 2.21. The number of hydrogen-bond donors (Lipinski definition) is 2. The topological polar surface area (TPSA) is 106 Å². The lowest BCUT2D eigenvalue weighted by Crippen LogP contribution is -2.10. The van der Waals surface area contributed by atoms with E-state index in [1.54, 1.807) is 0 Å². The van der Waals surface area contributed by atoms with Crippen molar-refractivity contribution in [2.75, 3.05) is 0 Å². The van der Waals surface area contributed by atoms with Gasteiger partial charge in [-0.25, -0.2) is 4.79 Å². The Morgan fingerprint density at radius 2 is 2.25 bits per heavy atom. The van der Waals surface area contributed by atoms with E-state index in [1.165, 1.54) is 18.2 Å². The lowest BCUT2D eigenvalue weighted by molar-refractivity contribution is -0.385. The molecule has 1 atom stereocenters. The van der Waals surface area contributed by atoms with Crippen LogP contribution in [0.5, 0.6) is 0 Å². The van der Waals surface area contributed by atoms with Gasteiger partial charge in [0, 0.05) is 12.1 Å². The van der Waals surface area contributed by atoms with Gasteiger partial charge in [-0.3, -0.25) is 10.1 Å². The molecule has 0 bridgehead atoms. The number of nitro groups is 1. The smallest absolute Gasteiger partial charge is 0.342 e. The average molecular weight is 224 g/mol. The maximum absolute atomic E-state index is 10.7. The molecule has 0 spiro atoms. The highest BCUT2D eigenvalue weighted by atomic mass is 16.6. The number of nitro benzene ring substituents is 1. The molecule has 0 fully saturated rings. The summed E-state index contributed by atoms with van der Waals surface area (Å²) in [6.07, 6.45) is 0.629. The van der Waals surface area contributed by atoms with Crippen LogP contribution in [0.1, 0.15) is 35.3 Å². The van der Waals surface area contributed by atoms with Gasteiger partial charge in [-0.15, -0.1) is 0 Å². The average Bonchev–Trinajstić information content (AvgIpc) is 2.26. The summed E-state index contributed by atoms with van der Waals surface area (Å²) >= 11 is 0. The van der Waals surface area contributed by atoms with Crippen molar-refractivity contribution in [2.24, 2.45) is 5.73 Å². The van der Waals surface area contributed by atoms with E-state index in [4.69, 9.17) is 10.8 Å². The summed E-state index contributed by atoms with van der Waals surface area (Å²) in [7, 11) is 0. The van der Waals surface area contributed by atoms with Gasteiger partial charge in [0.25, 0.3) is 5.69 Å². The molecule has 16 heavy (non-hydrogen) atoms. The Hall–Kier alpha value is -1.95. The number of nitrogens with zero attached hydrogens (tertiary/aromatic N) is 1. The summed E-state index contributed by atoms with van der Waals surface area (Å²) in [6, 6.07) is 3.62. The number of benzene rings is 1. The quantitative estimate of drug-likeness (QED) is 0.598. The molecule has 0 radical (unpaired) electrons. The van der Waals surface area contributed by atoms with E-state index >= 15 is 0 Å². The van der Waals surface area contributed by atoms with Crippen LogP contribution < -0.4 is 5.73 Å². The van der Waals surface area contributed by atoms with Gasteiger partial charge in [0.2, 0.25) is 0 Å². The maximum atomic E-state index is 10.7. The van der Waals surface area contributed by atoms with E-state index in [0.29, 0.717) is 12.0 Å². The molecule has 0 aromatic heterocycles.